The third-order valence-corrected chi connectivity index (χ3v) is 4.46. The molecule has 130 valence electrons. The second-order valence-corrected chi connectivity index (χ2v) is 6.42. The first kappa shape index (κ1) is 17.2. The first-order chi connectivity index (χ1) is 11.9. The van der Waals surface area contributed by atoms with E-state index in [-0.39, 0.29) is 11.3 Å². The van der Waals surface area contributed by atoms with Gasteiger partial charge in [0.15, 0.2) is 0 Å². The van der Waals surface area contributed by atoms with Crippen LogP contribution in [-0.2, 0) is 0 Å². The van der Waals surface area contributed by atoms with Crippen LogP contribution in [0.3, 0.4) is 0 Å². The summed E-state index contributed by atoms with van der Waals surface area (Å²) in [6, 6.07) is 5.06. The van der Waals surface area contributed by atoms with Gasteiger partial charge in [0.25, 0.3) is 5.56 Å². The van der Waals surface area contributed by atoms with E-state index in [1.807, 2.05) is 0 Å². The fourth-order valence-electron chi connectivity index (χ4n) is 2.60. The van der Waals surface area contributed by atoms with Gasteiger partial charge in [-0.05, 0) is 61.0 Å². The molecule has 1 aromatic carbocycles. The molecule has 2 aromatic heterocycles. The Labute approximate surface area is 146 Å². The minimum Gasteiger partial charge on any atom is -0.434 e. The van der Waals surface area contributed by atoms with Crippen molar-refractivity contribution in [3.05, 3.63) is 56.4 Å². The number of benzene rings is 1. The molecule has 3 aromatic rings. The summed E-state index contributed by atoms with van der Waals surface area (Å²) in [7, 11) is 0. The van der Waals surface area contributed by atoms with Crippen LogP contribution in [0, 0.1) is 20.8 Å². The Kier molecular flexibility index (Phi) is 4.63. The maximum Gasteiger partial charge on any atom is 0.387 e. The lowest BCUT2D eigenvalue weighted by Crippen LogP contribution is -2.19. The van der Waals surface area contributed by atoms with Crippen LogP contribution in [0.1, 0.15) is 22.5 Å². The number of ether oxygens (including phenoxy) is 1. The monoisotopic (exact) mass is 363 g/mol. The highest BCUT2D eigenvalue weighted by atomic mass is 32.1. The second-order valence-electron chi connectivity index (χ2n) is 5.52. The quantitative estimate of drug-likeness (QED) is 0.661. The fourth-order valence-corrected chi connectivity index (χ4v) is 3.40. The first-order valence-corrected chi connectivity index (χ1v) is 8.32. The smallest absolute Gasteiger partial charge is 0.387 e. The zero-order chi connectivity index (χ0) is 18.1. The SMILES string of the molecule is Cc1cc(C=Nn2c(C)nc3sccc3c2=O)cc(C)c1OC(F)F. The summed E-state index contributed by atoms with van der Waals surface area (Å²) >= 11 is 1.40. The Hall–Kier alpha value is -2.61. The van der Waals surface area contributed by atoms with E-state index >= 15 is 0 Å². The molecule has 5 nitrogen and oxygen atoms in total. The average Bonchev–Trinajstić information content (AvgIpc) is 2.99. The normalized spacial score (nSPS) is 11.8. The maximum absolute atomic E-state index is 12.5. The molecule has 0 unspecified atom stereocenters. The Balaban J connectivity index is 1.99. The van der Waals surface area contributed by atoms with Crippen LogP contribution in [0.25, 0.3) is 10.2 Å². The summed E-state index contributed by atoms with van der Waals surface area (Å²) < 4.78 is 30.6. The molecule has 0 radical (unpaired) electrons. The van der Waals surface area contributed by atoms with Crippen molar-refractivity contribution in [1.29, 1.82) is 0 Å². The molecule has 0 aliphatic rings. The third-order valence-electron chi connectivity index (χ3n) is 3.65. The second kappa shape index (κ2) is 6.72. The van der Waals surface area contributed by atoms with E-state index < -0.39 is 6.61 Å². The highest BCUT2D eigenvalue weighted by Gasteiger charge is 2.12. The van der Waals surface area contributed by atoms with Crippen LogP contribution < -0.4 is 10.3 Å². The van der Waals surface area contributed by atoms with Gasteiger partial charge in [-0.25, -0.2) is 4.98 Å². The van der Waals surface area contributed by atoms with E-state index in [0.29, 0.717) is 32.7 Å². The van der Waals surface area contributed by atoms with Crippen LogP contribution in [0.4, 0.5) is 8.78 Å². The molecule has 0 aliphatic heterocycles. The van der Waals surface area contributed by atoms with Gasteiger partial charge in [-0.3, -0.25) is 4.79 Å². The van der Waals surface area contributed by atoms with Crippen molar-refractivity contribution >= 4 is 27.8 Å². The predicted molar refractivity (Wildman–Crippen MR) is 94.2 cm³/mol. The van der Waals surface area contributed by atoms with Gasteiger partial charge in [-0.1, -0.05) is 0 Å². The summed E-state index contributed by atoms with van der Waals surface area (Å²) in [5.74, 6) is 0.629. The average molecular weight is 363 g/mol. The van der Waals surface area contributed by atoms with Gasteiger partial charge >= 0.3 is 6.61 Å². The number of halogens is 2. The molecule has 0 atom stereocenters. The van der Waals surface area contributed by atoms with E-state index in [1.165, 1.54) is 22.2 Å². The van der Waals surface area contributed by atoms with Gasteiger partial charge in [0, 0.05) is 0 Å². The van der Waals surface area contributed by atoms with Crippen molar-refractivity contribution in [2.45, 2.75) is 27.4 Å². The van der Waals surface area contributed by atoms with Crippen molar-refractivity contribution in [3.8, 4) is 5.75 Å². The largest absolute Gasteiger partial charge is 0.434 e. The molecule has 0 spiro atoms. The molecular formula is C17H15F2N3O2S. The molecule has 25 heavy (non-hydrogen) atoms. The van der Waals surface area contributed by atoms with E-state index in [0.717, 1.165) is 0 Å². The molecule has 3 rings (SSSR count). The summed E-state index contributed by atoms with van der Waals surface area (Å²) in [5.41, 5.74) is 1.56. The Morgan fingerprint density at radius 3 is 2.60 bits per heavy atom. The number of hydrogen-bond acceptors (Lipinski definition) is 5. The van der Waals surface area contributed by atoms with Gasteiger partial charge in [0.2, 0.25) is 0 Å². The zero-order valence-corrected chi connectivity index (χ0v) is 14.6. The number of fused-ring (bicyclic) bond motifs is 1. The van der Waals surface area contributed by atoms with Crippen molar-refractivity contribution in [3.63, 3.8) is 0 Å². The van der Waals surface area contributed by atoms with Crippen molar-refractivity contribution in [2.24, 2.45) is 5.10 Å². The molecule has 0 bridgehead atoms. The lowest BCUT2D eigenvalue weighted by atomic mass is 10.1. The first-order valence-electron chi connectivity index (χ1n) is 7.44. The summed E-state index contributed by atoms with van der Waals surface area (Å²) in [6.07, 6.45) is 1.50. The number of alkyl halides is 2. The Morgan fingerprint density at radius 2 is 1.96 bits per heavy atom. The highest BCUT2D eigenvalue weighted by Crippen LogP contribution is 2.26. The molecule has 0 saturated heterocycles. The number of thiophene rings is 1. The van der Waals surface area contributed by atoms with Crippen LogP contribution in [0.5, 0.6) is 5.75 Å². The van der Waals surface area contributed by atoms with Crippen LogP contribution in [0.2, 0.25) is 0 Å². The lowest BCUT2D eigenvalue weighted by Gasteiger charge is -2.12. The predicted octanol–water partition coefficient (Wildman–Crippen LogP) is 3.87. The van der Waals surface area contributed by atoms with E-state index in [2.05, 4.69) is 14.8 Å². The highest BCUT2D eigenvalue weighted by molar-refractivity contribution is 7.16. The molecule has 2 heterocycles. The molecule has 0 aliphatic carbocycles. The van der Waals surface area contributed by atoms with Crippen LogP contribution in [0.15, 0.2) is 33.5 Å². The van der Waals surface area contributed by atoms with Gasteiger partial charge < -0.3 is 4.74 Å². The number of aryl methyl sites for hydroxylation is 3. The van der Waals surface area contributed by atoms with E-state index in [1.54, 1.807) is 44.4 Å². The molecule has 8 heteroatoms. The van der Waals surface area contributed by atoms with E-state index in [9.17, 15) is 13.6 Å². The number of hydrogen-bond donors (Lipinski definition) is 0. The number of rotatable bonds is 4. The molecule has 0 saturated carbocycles. The minimum absolute atomic E-state index is 0.154. The Bertz CT molecular complexity index is 1000. The van der Waals surface area contributed by atoms with Crippen LogP contribution >= 0.6 is 11.3 Å². The van der Waals surface area contributed by atoms with Crippen molar-refractivity contribution in [1.82, 2.24) is 9.66 Å². The van der Waals surface area contributed by atoms with Gasteiger partial charge in [-0.15, -0.1) is 11.3 Å². The minimum atomic E-state index is -2.87. The van der Waals surface area contributed by atoms with E-state index in [4.69, 9.17) is 0 Å². The summed E-state index contributed by atoms with van der Waals surface area (Å²) in [5, 5.41) is 6.53. The number of aromatic nitrogens is 2. The topological polar surface area (TPSA) is 56.5 Å². The number of nitrogens with zero attached hydrogens (tertiary/aromatic N) is 3. The molecule has 0 amide bonds. The van der Waals surface area contributed by atoms with Crippen molar-refractivity contribution in [2.75, 3.05) is 0 Å². The summed E-state index contributed by atoms with van der Waals surface area (Å²) in [4.78, 5) is 17.5. The van der Waals surface area contributed by atoms with Gasteiger partial charge in [0.1, 0.15) is 16.4 Å². The molecule has 0 N–H and O–H groups in total. The van der Waals surface area contributed by atoms with Gasteiger partial charge in [0.05, 0.1) is 11.6 Å². The molecular weight excluding hydrogens is 348 g/mol. The standard InChI is InChI=1S/C17H15F2N3O2S/c1-9-6-12(7-10(2)14(9)24-17(18)19)8-20-22-11(3)21-15-13(16(22)23)4-5-25-15/h4-8,17H,1-3H3. The fraction of sp³-hybridized carbons (Fsp3) is 0.235. The lowest BCUT2D eigenvalue weighted by molar-refractivity contribution is -0.0507. The van der Waals surface area contributed by atoms with Crippen molar-refractivity contribution < 1.29 is 13.5 Å². The Morgan fingerprint density at radius 1 is 1.28 bits per heavy atom. The maximum atomic E-state index is 12.5. The van der Waals surface area contributed by atoms with Gasteiger partial charge in [-0.2, -0.15) is 18.6 Å². The third kappa shape index (κ3) is 3.43. The summed E-state index contributed by atoms with van der Waals surface area (Å²) in [6.45, 7) is 2.19. The zero-order valence-electron chi connectivity index (χ0n) is 13.8. The van der Waals surface area contributed by atoms with Crippen LogP contribution in [-0.4, -0.2) is 22.5 Å². The molecule has 0 fully saturated rings.